The van der Waals surface area contributed by atoms with Gasteiger partial charge < -0.3 is 10.1 Å². The number of sulfonamides is 1. The van der Waals surface area contributed by atoms with Crippen molar-refractivity contribution in [2.24, 2.45) is 5.92 Å². The third kappa shape index (κ3) is 2.56. The molecular formula is C15H22N2O3S. The van der Waals surface area contributed by atoms with E-state index in [9.17, 15) is 8.42 Å². The van der Waals surface area contributed by atoms with Crippen LogP contribution in [0.5, 0.6) is 5.75 Å². The highest BCUT2D eigenvalue weighted by Gasteiger charge is 2.42. The van der Waals surface area contributed by atoms with E-state index in [1.54, 1.807) is 16.4 Å². The first-order valence-electron chi connectivity index (χ1n) is 7.41. The molecule has 6 heteroatoms. The van der Waals surface area contributed by atoms with Crippen LogP contribution in [-0.4, -0.2) is 45.5 Å². The van der Waals surface area contributed by atoms with Gasteiger partial charge in [0, 0.05) is 19.1 Å². The van der Waals surface area contributed by atoms with Crippen molar-refractivity contribution in [3.8, 4) is 5.75 Å². The molecule has 2 saturated heterocycles. The average molecular weight is 310 g/mol. The zero-order valence-electron chi connectivity index (χ0n) is 12.5. The molecule has 0 aliphatic carbocycles. The van der Waals surface area contributed by atoms with Crippen LogP contribution in [0.4, 0.5) is 0 Å². The van der Waals surface area contributed by atoms with E-state index in [2.05, 4.69) is 5.32 Å². The quantitative estimate of drug-likeness (QED) is 0.916. The van der Waals surface area contributed by atoms with E-state index in [0.29, 0.717) is 18.2 Å². The summed E-state index contributed by atoms with van der Waals surface area (Å²) in [6.45, 7) is 4.16. The summed E-state index contributed by atoms with van der Waals surface area (Å²) in [6.07, 6.45) is 2.03. The van der Waals surface area contributed by atoms with Crippen LogP contribution in [0.15, 0.2) is 23.1 Å². The van der Waals surface area contributed by atoms with Gasteiger partial charge in [-0.05, 0) is 49.9 Å². The SMILES string of the molecule is COc1ccc(C)cc1S(=O)(=O)N1CCCC2CNCC21. The first-order chi connectivity index (χ1) is 10.0. The Balaban J connectivity index is 2.02. The number of hydrogen-bond acceptors (Lipinski definition) is 4. The van der Waals surface area contributed by atoms with E-state index in [4.69, 9.17) is 4.74 Å². The molecule has 0 radical (unpaired) electrons. The van der Waals surface area contributed by atoms with Gasteiger partial charge in [0.25, 0.3) is 0 Å². The van der Waals surface area contributed by atoms with Gasteiger partial charge in [0.2, 0.25) is 10.0 Å². The van der Waals surface area contributed by atoms with Crippen LogP contribution < -0.4 is 10.1 Å². The lowest BCUT2D eigenvalue weighted by Gasteiger charge is -2.36. The van der Waals surface area contributed by atoms with Crippen LogP contribution in [0.2, 0.25) is 0 Å². The van der Waals surface area contributed by atoms with Crippen molar-refractivity contribution in [1.29, 1.82) is 0 Å². The molecule has 1 aromatic rings. The van der Waals surface area contributed by atoms with Gasteiger partial charge in [0.15, 0.2) is 0 Å². The number of hydrogen-bond donors (Lipinski definition) is 1. The van der Waals surface area contributed by atoms with Crippen LogP contribution in [-0.2, 0) is 10.0 Å². The molecule has 0 aromatic heterocycles. The van der Waals surface area contributed by atoms with Crippen LogP contribution in [0.3, 0.4) is 0 Å². The second-order valence-corrected chi connectivity index (χ2v) is 7.76. The number of benzene rings is 1. The van der Waals surface area contributed by atoms with Gasteiger partial charge in [-0.2, -0.15) is 4.31 Å². The molecule has 0 spiro atoms. The molecule has 5 nitrogen and oxygen atoms in total. The number of nitrogens with one attached hydrogen (secondary N) is 1. The number of rotatable bonds is 3. The van der Waals surface area contributed by atoms with Crippen molar-refractivity contribution < 1.29 is 13.2 Å². The zero-order valence-corrected chi connectivity index (χ0v) is 13.3. The van der Waals surface area contributed by atoms with Crippen molar-refractivity contribution >= 4 is 10.0 Å². The second kappa shape index (κ2) is 5.59. The van der Waals surface area contributed by atoms with Crippen LogP contribution in [0.25, 0.3) is 0 Å². The maximum absolute atomic E-state index is 13.1. The molecule has 2 unspecified atom stereocenters. The van der Waals surface area contributed by atoms with Gasteiger partial charge in [-0.3, -0.25) is 0 Å². The topological polar surface area (TPSA) is 58.6 Å². The molecule has 2 aliphatic heterocycles. The molecule has 2 atom stereocenters. The monoisotopic (exact) mass is 310 g/mol. The Morgan fingerprint density at radius 2 is 2.14 bits per heavy atom. The molecule has 21 heavy (non-hydrogen) atoms. The Bertz CT molecular complexity index is 630. The van der Waals surface area contributed by atoms with Gasteiger partial charge in [-0.15, -0.1) is 0 Å². The van der Waals surface area contributed by atoms with Crippen LogP contribution >= 0.6 is 0 Å². The van der Waals surface area contributed by atoms with E-state index in [1.807, 2.05) is 13.0 Å². The van der Waals surface area contributed by atoms with Crippen LogP contribution in [0.1, 0.15) is 18.4 Å². The number of aryl methyl sites for hydroxylation is 1. The molecular weight excluding hydrogens is 288 g/mol. The Morgan fingerprint density at radius 3 is 2.90 bits per heavy atom. The smallest absolute Gasteiger partial charge is 0.247 e. The molecule has 2 fully saturated rings. The van der Waals surface area contributed by atoms with Gasteiger partial charge in [0.05, 0.1) is 7.11 Å². The largest absolute Gasteiger partial charge is 0.495 e. The number of fused-ring (bicyclic) bond motifs is 1. The van der Waals surface area contributed by atoms with Crippen molar-refractivity contribution in [2.75, 3.05) is 26.7 Å². The third-order valence-electron chi connectivity index (χ3n) is 4.53. The molecule has 0 bridgehead atoms. The lowest BCUT2D eigenvalue weighted by atomic mass is 9.94. The Hall–Kier alpha value is -1.11. The number of piperidine rings is 1. The fourth-order valence-electron chi connectivity index (χ4n) is 3.44. The van der Waals surface area contributed by atoms with E-state index in [1.165, 1.54) is 7.11 Å². The minimum absolute atomic E-state index is 0.0777. The second-order valence-electron chi connectivity index (χ2n) is 5.90. The number of nitrogens with zero attached hydrogens (tertiary/aromatic N) is 1. The minimum Gasteiger partial charge on any atom is -0.495 e. The van der Waals surface area contributed by atoms with Gasteiger partial charge >= 0.3 is 0 Å². The first kappa shape index (κ1) is 14.8. The van der Waals surface area contributed by atoms with Crippen molar-refractivity contribution in [1.82, 2.24) is 9.62 Å². The van der Waals surface area contributed by atoms with E-state index < -0.39 is 10.0 Å². The average Bonchev–Trinajstić information content (AvgIpc) is 2.95. The molecule has 116 valence electrons. The number of ether oxygens (including phenoxy) is 1. The van der Waals surface area contributed by atoms with E-state index in [-0.39, 0.29) is 10.9 Å². The zero-order chi connectivity index (χ0) is 15.0. The summed E-state index contributed by atoms with van der Waals surface area (Å²) in [4.78, 5) is 0.289. The fraction of sp³-hybridized carbons (Fsp3) is 0.600. The summed E-state index contributed by atoms with van der Waals surface area (Å²) in [6, 6.07) is 5.39. The van der Waals surface area contributed by atoms with E-state index in [0.717, 1.165) is 31.5 Å². The minimum atomic E-state index is -3.51. The Labute approximate surface area is 126 Å². The lowest BCUT2D eigenvalue weighted by Crippen LogP contribution is -2.48. The maximum atomic E-state index is 13.1. The molecule has 2 aliphatic rings. The fourth-order valence-corrected chi connectivity index (χ4v) is 5.40. The van der Waals surface area contributed by atoms with Gasteiger partial charge in [-0.25, -0.2) is 8.42 Å². The maximum Gasteiger partial charge on any atom is 0.247 e. The predicted molar refractivity (Wildman–Crippen MR) is 81.0 cm³/mol. The molecule has 2 heterocycles. The standard InChI is InChI=1S/C15H22N2O3S/c1-11-5-6-14(20-2)15(8-11)21(18,19)17-7-3-4-12-9-16-10-13(12)17/h5-6,8,12-13,16H,3-4,7,9-10H2,1-2H3. The van der Waals surface area contributed by atoms with E-state index >= 15 is 0 Å². The summed E-state index contributed by atoms with van der Waals surface area (Å²) in [5.74, 6) is 0.859. The molecule has 1 N–H and O–H groups in total. The highest BCUT2D eigenvalue weighted by molar-refractivity contribution is 7.89. The Kier molecular flexibility index (Phi) is 3.94. The molecule has 3 rings (SSSR count). The first-order valence-corrected chi connectivity index (χ1v) is 8.85. The lowest BCUT2D eigenvalue weighted by molar-refractivity contribution is 0.217. The summed E-state index contributed by atoms with van der Waals surface area (Å²) in [5, 5.41) is 3.32. The normalized spacial score (nSPS) is 26.6. The molecule has 1 aromatic carbocycles. The molecule has 0 amide bonds. The summed E-state index contributed by atoms with van der Waals surface area (Å²) < 4.78 is 33.1. The molecule has 0 saturated carbocycles. The Morgan fingerprint density at radius 1 is 1.33 bits per heavy atom. The van der Waals surface area contributed by atoms with Crippen molar-refractivity contribution in [3.05, 3.63) is 23.8 Å². The van der Waals surface area contributed by atoms with Gasteiger partial charge in [0.1, 0.15) is 10.6 Å². The summed E-state index contributed by atoms with van der Waals surface area (Å²) >= 11 is 0. The summed E-state index contributed by atoms with van der Waals surface area (Å²) in [5.41, 5.74) is 0.924. The van der Waals surface area contributed by atoms with Crippen LogP contribution in [0, 0.1) is 12.8 Å². The summed E-state index contributed by atoms with van der Waals surface area (Å²) in [7, 11) is -2.00. The number of methoxy groups -OCH3 is 1. The van der Waals surface area contributed by atoms with Crippen molar-refractivity contribution in [3.63, 3.8) is 0 Å². The van der Waals surface area contributed by atoms with Gasteiger partial charge in [-0.1, -0.05) is 6.07 Å². The highest BCUT2D eigenvalue weighted by Crippen LogP contribution is 2.34. The third-order valence-corrected chi connectivity index (χ3v) is 6.48. The predicted octanol–water partition coefficient (Wildman–Crippen LogP) is 1.38. The van der Waals surface area contributed by atoms with Crippen molar-refractivity contribution in [2.45, 2.75) is 30.7 Å². The highest BCUT2D eigenvalue weighted by atomic mass is 32.2.